The van der Waals surface area contributed by atoms with Gasteiger partial charge in [0.15, 0.2) is 0 Å². The molecule has 0 aliphatic heterocycles. The third-order valence-corrected chi connectivity index (χ3v) is 6.36. The van der Waals surface area contributed by atoms with Gasteiger partial charge in [-0.05, 0) is 55.0 Å². The standard InChI is InChI=1S/C24H20Cl2N2OS/c1-2-27-24(29)22-23(30-19-6-4-3-5-7-19)20-14-18(26)12-13-21(20)28(22)15-16-8-10-17(25)11-9-16/h3-14H,2,15H2,1H3,(H,27,29). The molecule has 4 aromatic rings. The number of rotatable bonds is 6. The van der Waals surface area contributed by atoms with Crippen LogP contribution in [0.4, 0.5) is 0 Å². The molecule has 0 atom stereocenters. The van der Waals surface area contributed by atoms with Gasteiger partial charge < -0.3 is 9.88 Å². The number of hydrogen-bond acceptors (Lipinski definition) is 2. The first-order chi connectivity index (χ1) is 14.6. The van der Waals surface area contributed by atoms with E-state index in [0.29, 0.717) is 28.8 Å². The van der Waals surface area contributed by atoms with Crippen molar-refractivity contribution in [2.45, 2.75) is 23.3 Å². The zero-order chi connectivity index (χ0) is 21.1. The molecule has 0 radical (unpaired) electrons. The summed E-state index contributed by atoms with van der Waals surface area (Å²) in [6.07, 6.45) is 0. The van der Waals surface area contributed by atoms with Crippen LogP contribution in [0.25, 0.3) is 10.9 Å². The van der Waals surface area contributed by atoms with Crippen LogP contribution in [0.3, 0.4) is 0 Å². The van der Waals surface area contributed by atoms with Gasteiger partial charge in [-0.3, -0.25) is 4.79 Å². The molecule has 1 heterocycles. The summed E-state index contributed by atoms with van der Waals surface area (Å²) in [5.41, 5.74) is 2.67. The Kier molecular flexibility index (Phi) is 6.38. The highest BCUT2D eigenvalue weighted by atomic mass is 35.5. The van der Waals surface area contributed by atoms with Crippen molar-refractivity contribution in [1.29, 1.82) is 0 Å². The predicted octanol–water partition coefficient (Wildman–Crippen LogP) is 6.90. The Morgan fingerprint density at radius 1 is 0.967 bits per heavy atom. The molecule has 0 saturated carbocycles. The van der Waals surface area contributed by atoms with Gasteiger partial charge in [0, 0.05) is 33.4 Å². The smallest absolute Gasteiger partial charge is 0.269 e. The monoisotopic (exact) mass is 454 g/mol. The van der Waals surface area contributed by atoms with Crippen LogP contribution >= 0.6 is 35.0 Å². The van der Waals surface area contributed by atoms with E-state index in [4.69, 9.17) is 23.2 Å². The van der Waals surface area contributed by atoms with E-state index in [9.17, 15) is 4.79 Å². The van der Waals surface area contributed by atoms with Crippen LogP contribution < -0.4 is 5.32 Å². The second-order valence-corrected chi connectivity index (χ2v) is 8.78. The van der Waals surface area contributed by atoms with Gasteiger partial charge in [-0.15, -0.1) is 0 Å². The molecule has 1 aromatic heterocycles. The predicted molar refractivity (Wildman–Crippen MR) is 126 cm³/mol. The van der Waals surface area contributed by atoms with Crippen molar-refractivity contribution >= 4 is 51.8 Å². The van der Waals surface area contributed by atoms with E-state index in [1.807, 2.05) is 79.7 Å². The number of carbonyl (C=O) groups excluding carboxylic acids is 1. The first-order valence-electron chi connectivity index (χ1n) is 9.64. The number of nitrogens with one attached hydrogen (secondary N) is 1. The molecule has 3 nitrogen and oxygen atoms in total. The van der Waals surface area contributed by atoms with E-state index in [1.54, 1.807) is 11.8 Å². The number of halogens is 2. The van der Waals surface area contributed by atoms with E-state index in [2.05, 4.69) is 9.88 Å². The molecule has 4 rings (SSSR count). The maximum atomic E-state index is 13.2. The quantitative estimate of drug-likeness (QED) is 0.343. The molecule has 0 bridgehead atoms. The lowest BCUT2D eigenvalue weighted by molar-refractivity contribution is 0.0944. The van der Waals surface area contributed by atoms with E-state index < -0.39 is 0 Å². The molecule has 3 aromatic carbocycles. The van der Waals surface area contributed by atoms with Crippen molar-refractivity contribution in [3.8, 4) is 0 Å². The fraction of sp³-hybridized carbons (Fsp3) is 0.125. The van der Waals surface area contributed by atoms with Gasteiger partial charge in [-0.25, -0.2) is 0 Å². The zero-order valence-corrected chi connectivity index (χ0v) is 18.7. The molecule has 1 amide bonds. The van der Waals surface area contributed by atoms with Crippen molar-refractivity contribution in [3.63, 3.8) is 0 Å². The molecule has 0 aliphatic rings. The number of hydrogen-bond donors (Lipinski definition) is 1. The highest BCUT2D eigenvalue weighted by Gasteiger charge is 2.24. The third-order valence-electron chi connectivity index (χ3n) is 4.75. The molecular weight excluding hydrogens is 435 g/mol. The van der Waals surface area contributed by atoms with Gasteiger partial charge in [-0.1, -0.05) is 65.3 Å². The van der Waals surface area contributed by atoms with Crippen LogP contribution in [0.15, 0.2) is 82.6 Å². The van der Waals surface area contributed by atoms with Crippen molar-refractivity contribution < 1.29 is 4.79 Å². The summed E-state index contributed by atoms with van der Waals surface area (Å²) in [5.74, 6) is -0.0998. The first kappa shape index (κ1) is 20.9. The summed E-state index contributed by atoms with van der Waals surface area (Å²) in [7, 11) is 0. The molecule has 152 valence electrons. The van der Waals surface area contributed by atoms with Gasteiger partial charge in [0.05, 0.1) is 10.4 Å². The van der Waals surface area contributed by atoms with Gasteiger partial charge >= 0.3 is 0 Å². The van der Waals surface area contributed by atoms with Crippen molar-refractivity contribution in [2.24, 2.45) is 0 Å². The van der Waals surface area contributed by atoms with Gasteiger partial charge in [0.1, 0.15) is 5.69 Å². The Labute approximate surface area is 190 Å². The maximum absolute atomic E-state index is 13.2. The number of carbonyl (C=O) groups is 1. The normalized spacial score (nSPS) is 11.0. The lowest BCUT2D eigenvalue weighted by atomic mass is 10.2. The van der Waals surface area contributed by atoms with Crippen LogP contribution in [-0.2, 0) is 6.54 Å². The molecule has 0 unspecified atom stereocenters. The second kappa shape index (κ2) is 9.17. The molecule has 0 fully saturated rings. The molecular formula is C24H20Cl2N2OS. The van der Waals surface area contributed by atoms with Crippen LogP contribution in [-0.4, -0.2) is 17.0 Å². The van der Waals surface area contributed by atoms with Gasteiger partial charge in [0.25, 0.3) is 5.91 Å². The topological polar surface area (TPSA) is 34.0 Å². The molecule has 0 aliphatic carbocycles. The molecule has 6 heteroatoms. The van der Waals surface area contributed by atoms with Crippen molar-refractivity contribution in [3.05, 3.63) is 94.1 Å². The Morgan fingerprint density at radius 3 is 2.37 bits per heavy atom. The van der Waals surface area contributed by atoms with Crippen molar-refractivity contribution in [2.75, 3.05) is 6.54 Å². The number of nitrogens with zero attached hydrogens (tertiary/aromatic N) is 1. The van der Waals surface area contributed by atoms with Crippen LogP contribution in [0, 0.1) is 0 Å². The van der Waals surface area contributed by atoms with E-state index in [-0.39, 0.29) is 5.91 Å². The lowest BCUT2D eigenvalue weighted by Gasteiger charge is -2.12. The number of aromatic nitrogens is 1. The largest absolute Gasteiger partial charge is 0.351 e. The number of fused-ring (bicyclic) bond motifs is 1. The number of amides is 1. The zero-order valence-electron chi connectivity index (χ0n) is 16.4. The maximum Gasteiger partial charge on any atom is 0.269 e. The lowest BCUT2D eigenvalue weighted by Crippen LogP contribution is -2.26. The summed E-state index contributed by atoms with van der Waals surface area (Å²) in [5, 5.41) is 5.27. The molecule has 0 saturated heterocycles. The van der Waals surface area contributed by atoms with Crippen LogP contribution in [0.2, 0.25) is 10.0 Å². The minimum Gasteiger partial charge on any atom is -0.351 e. The van der Waals surface area contributed by atoms with E-state index in [1.165, 1.54) is 0 Å². The SMILES string of the molecule is CCNC(=O)c1c(Sc2ccccc2)c2cc(Cl)ccc2n1Cc1ccc(Cl)cc1. The average molecular weight is 455 g/mol. The molecule has 1 N–H and O–H groups in total. The second-order valence-electron chi connectivity index (χ2n) is 6.83. The Bertz CT molecular complexity index is 1190. The summed E-state index contributed by atoms with van der Waals surface area (Å²) in [4.78, 5) is 15.1. The van der Waals surface area contributed by atoms with E-state index in [0.717, 1.165) is 26.3 Å². The Morgan fingerprint density at radius 2 is 1.67 bits per heavy atom. The average Bonchev–Trinajstić information content (AvgIpc) is 3.03. The third kappa shape index (κ3) is 4.36. The van der Waals surface area contributed by atoms with Crippen LogP contribution in [0.1, 0.15) is 23.0 Å². The summed E-state index contributed by atoms with van der Waals surface area (Å²) in [6, 6.07) is 23.5. The Hall–Kier alpha value is -2.40. The first-order valence-corrected chi connectivity index (χ1v) is 11.2. The molecule has 0 spiro atoms. The minimum absolute atomic E-state index is 0.0998. The summed E-state index contributed by atoms with van der Waals surface area (Å²) < 4.78 is 2.06. The highest BCUT2D eigenvalue weighted by molar-refractivity contribution is 7.99. The van der Waals surface area contributed by atoms with Gasteiger partial charge in [0.2, 0.25) is 0 Å². The van der Waals surface area contributed by atoms with Crippen LogP contribution in [0.5, 0.6) is 0 Å². The van der Waals surface area contributed by atoms with Gasteiger partial charge in [-0.2, -0.15) is 0 Å². The number of benzene rings is 3. The minimum atomic E-state index is -0.0998. The van der Waals surface area contributed by atoms with E-state index >= 15 is 0 Å². The van der Waals surface area contributed by atoms with Crippen molar-refractivity contribution in [1.82, 2.24) is 9.88 Å². The highest BCUT2D eigenvalue weighted by Crippen LogP contribution is 2.40. The molecule has 30 heavy (non-hydrogen) atoms. The summed E-state index contributed by atoms with van der Waals surface area (Å²) >= 11 is 14.0. The Balaban J connectivity index is 1.92. The fourth-order valence-electron chi connectivity index (χ4n) is 3.41. The summed E-state index contributed by atoms with van der Waals surface area (Å²) in [6.45, 7) is 3.03. The fourth-order valence-corrected chi connectivity index (χ4v) is 4.81.